The van der Waals surface area contributed by atoms with Crippen molar-refractivity contribution in [1.82, 2.24) is 9.47 Å². The van der Waals surface area contributed by atoms with Crippen LogP contribution in [0.1, 0.15) is 42.7 Å². The number of aromatic nitrogens is 1. The molecule has 1 aromatic rings. The molecular formula is C15H20N2O3. The second kappa shape index (κ2) is 4.96. The van der Waals surface area contributed by atoms with Crippen molar-refractivity contribution in [2.24, 2.45) is 11.8 Å². The van der Waals surface area contributed by atoms with E-state index in [1.807, 2.05) is 18.3 Å². The molecule has 1 saturated heterocycles. The van der Waals surface area contributed by atoms with E-state index >= 15 is 0 Å². The maximum Gasteiger partial charge on any atom is 0.306 e. The van der Waals surface area contributed by atoms with Gasteiger partial charge >= 0.3 is 5.97 Å². The van der Waals surface area contributed by atoms with Crippen LogP contribution in [0.3, 0.4) is 0 Å². The molecule has 1 unspecified atom stereocenters. The van der Waals surface area contributed by atoms with Crippen molar-refractivity contribution in [1.29, 1.82) is 0 Å². The Balaban J connectivity index is 1.64. The minimum absolute atomic E-state index is 0.0377. The lowest BCUT2D eigenvalue weighted by atomic mass is 9.87. The molecule has 0 spiro atoms. The van der Waals surface area contributed by atoms with Crippen molar-refractivity contribution >= 4 is 11.9 Å². The Morgan fingerprint density at radius 1 is 1.35 bits per heavy atom. The first-order valence-corrected chi connectivity index (χ1v) is 7.27. The van der Waals surface area contributed by atoms with Gasteiger partial charge in [-0.15, -0.1) is 0 Å². The largest absolute Gasteiger partial charge is 0.481 e. The Bertz CT molecular complexity index is 527. The molecule has 1 N–H and O–H groups in total. The summed E-state index contributed by atoms with van der Waals surface area (Å²) in [5, 5.41) is 8.98. The van der Waals surface area contributed by atoms with E-state index in [1.54, 1.807) is 11.8 Å². The van der Waals surface area contributed by atoms with E-state index in [1.165, 1.54) is 6.42 Å². The van der Waals surface area contributed by atoms with Gasteiger partial charge in [-0.2, -0.15) is 0 Å². The molecule has 5 heteroatoms. The van der Waals surface area contributed by atoms with Crippen molar-refractivity contribution in [3.05, 3.63) is 24.0 Å². The molecule has 3 rings (SSSR count). The molecule has 20 heavy (non-hydrogen) atoms. The fraction of sp³-hybridized carbons (Fsp3) is 0.600. The second-order valence-corrected chi connectivity index (χ2v) is 5.98. The zero-order chi connectivity index (χ0) is 14.3. The number of hydrogen-bond acceptors (Lipinski definition) is 2. The third-order valence-corrected chi connectivity index (χ3v) is 4.76. The van der Waals surface area contributed by atoms with Crippen LogP contribution in [0.5, 0.6) is 0 Å². The number of hydrogen-bond donors (Lipinski definition) is 1. The third kappa shape index (κ3) is 2.11. The number of aliphatic carboxylic acids is 1. The zero-order valence-electron chi connectivity index (χ0n) is 11.7. The normalized spacial score (nSPS) is 21.1. The number of rotatable bonds is 4. The van der Waals surface area contributed by atoms with Crippen molar-refractivity contribution in [2.45, 2.75) is 32.2 Å². The molecule has 2 fully saturated rings. The fourth-order valence-corrected chi connectivity index (χ4v) is 2.92. The molecule has 2 aliphatic rings. The van der Waals surface area contributed by atoms with Crippen molar-refractivity contribution < 1.29 is 14.7 Å². The van der Waals surface area contributed by atoms with Crippen molar-refractivity contribution in [2.75, 3.05) is 13.1 Å². The van der Waals surface area contributed by atoms with Gasteiger partial charge in [0.05, 0.1) is 5.92 Å². The highest BCUT2D eigenvalue weighted by molar-refractivity contribution is 5.93. The molecule has 1 atom stereocenters. The predicted molar refractivity (Wildman–Crippen MR) is 73.5 cm³/mol. The van der Waals surface area contributed by atoms with Gasteiger partial charge < -0.3 is 14.6 Å². The Morgan fingerprint density at radius 2 is 2.05 bits per heavy atom. The quantitative estimate of drug-likeness (QED) is 0.915. The molecule has 1 amide bonds. The summed E-state index contributed by atoms with van der Waals surface area (Å²) in [6.45, 7) is 2.83. The molecule has 5 nitrogen and oxygen atoms in total. The fourth-order valence-electron chi connectivity index (χ4n) is 2.92. The summed E-state index contributed by atoms with van der Waals surface area (Å²) < 4.78 is 2.08. The highest BCUT2D eigenvalue weighted by Crippen LogP contribution is 2.34. The third-order valence-electron chi connectivity index (χ3n) is 4.76. The lowest BCUT2D eigenvalue weighted by molar-refractivity contribution is -0.144. The van der Waals surface area contributed by atoms with Gasteiger partial charge in [0.15, 0.2) is 0 Å². The maximum absolute atomic E-state index is 12.4. The van der Waals surface area contributed by atoms with E-state index in [0.717, 1.165) is 18.5 Å². The maximum atomic E-state index is 12.4. The molecule has 0 bridgehead atoms. The van der Waals surface area contributed by atoms with Crippen LogP contribution < -0.4 is 0 Å². The molecule has 0 aromatic carbocycles. The van der Waals surface area contributed by atoms with Crippen molar-refractivity contribution in [3.63, 3.8) is 0 Å². The molecule has 2 heterocycles. The van der Waals surface area contributed by atoms with Crippen LogP contribution in [-0.4, -0.2) is 39.5 Å². The van der Waals surface area contributed by atoms with E-state index in [0.29, 0.717) is 19.1 Å². The Labute approximate surface area is 118 Å². The number of amides is 1. The molecule has 108 valence electrons. The summed E-state index contributed by atoms with van der Waals surface area (Å²) >= 11 is 0. The number of likely N-dealkylation sites (tertiary alicyclic amines) is 1. The Morgan fingerprint density at radius 3 is 2.60 bits per heavy atom. The topological polar surface area (TPSA) is 62.5 Å². The average Bonchev–Trinajstić information content (AvgIpc) is 2.73. The summed E-state index contributed by atoms with van der Waals surface area (Å²) in [6, 6.07) is 4.26. The lowest BCUT2D eigenvalue weighted by Crippen LogP contribution is -2.53. The van der Waals surface area contributed by atoms with Gasteiger partial charge in [-0.1, -0.05) is 6.92 Å². The van der Waals surface area contributed by atoms with Crippen LogP contribution in [0.4, 0.5) is 0 Å². The van der Waals surface area contributed by atoms with E-state index < -0.39 is 5.97 Å². The molecule has 1 aliphatic carbocycles. The summed E-state index contributed by atoms with van der Waals surface area (Å²) in [7, 11) is 0. The highest BCUT2D eigenvalue weighted by atomic mass is 16.4. The number of carbonyl (C=O) groups is 2. The SMILES string of the molecule is CC(C(=O)O)C1CN(C(=O)c2cccn2C2CCC2)C1. The number of nitrogens with zero attached hydrogens (tertiary/aromatic N) is 2. The number of carbonyl (C=O) groups excluding carboxylic acids is 1. The Hall–Kier alpha value is -1.78. The minimum Gasteiger partial charge on any atom is -0.481 e. The Kier molecular flexibility index (Phi) is 3.28. The van der Waals surface area contributed by atoms with Gasteiger partial charge in [0.25, 0.3) is 5.91 Å². The summed E-state index contributed by atoms with van der Waals surface area (Å²) in [6.07, 6.45) is 5.51. The summed E-state index contributed by atoms with van der Waals surface area (Å²) in [5.74, 6) is -1.03. The molecule has 1 aromatic heterocycles. The van der Waals surface area contributed by atoms with Gasteiger partial charge in [-0.3, -0.25) is 9.59 Å². The first kappa shape index (κ1) is 13.2. The van der Waals surface area contributed by atoms with Crippen LogP contribution in [-0.2, 0) is 4.79 Å². The van der Waals surface area contributed by atoms with Gasteiger partial charge in [0.2, 0.25) is 0 Å². The summed E-state index contributed by atoms with van der Waals surface area (Å²) in [5.41, 5.74) is 0.746. The van der Waals surface area contributed by atoms with Crippen LogP contribution in [0.2, 0.25) is 0 Å². The van der Waals surface area contributed by atoms with Gasteiger partial charge in [0, 0.05) is 31.2 Å². The smallest absolute Gasteiger partial charge is 0.306 e. The summed E-state index contributed by atoms with van der Waals surface area (Å²) in [4.78, 5) is 25.1. The second-order valence-electron chi connectivity index (χ2n) is 5.98. The van der Waals surface area contributed by atoms with E-state index in [9.17, 15) is 9.59 Å². The zero-order valence-corrected chi connectivity index (χ0v) is 11.7. The molecular weight excluding hydrogens is 256 g/mol. The van der Waals surface area contributed by atoms with Gasteiger partial charge in [-0.05, 0) is 31.4 Å². The van der Waals surface area contributed by atoms with E-state index in [4.69, 9.17) is 5.11 Å². The first-order chi connectivity index (χ1) is 9.58. The average molecular weight is 276 g/mol. The van der Waals surface area contributed by atoms with Gasteiger partial charge in [-0.25, -0.2) is 0 Å². The van der Waals surface area contributed by atoms with Crippen LogP contribution in [0.25, 0.3) is 0 Å². The highest BCUT2D eigenvalue weighted by Gasteiger charge is 2.38. The predicted octanol–water partition coefficient (Wildman–Crippen LogP) is 2.01. The number of carboxylic acid groups (broad SMARTS) is 1. The van der Waals surface area contributed by atoms with Crippen LogP contribution in [0.15, 0.2) is 18.3 Å². The van der Waals surface area contributed by atoms with E-state index in [2.05, 4.69) is 4.57 Å². The monoisotopic (exact) mass is 276 g/mol. The minimum atomic E-state index is -0.778. The van der Waals surface area contributed by atoms with E-state index in [-0.39, 0.29) is 17.7 Å². The van der Waals surface area contributed by atoms with Crippen LogP contribution >= 0.6 is 0 Å². The van der Waals surface area contributed by atoms with Gasteiger partial charge in [0.1, 0.15) is 5.69 Å². The standard InChI is InChI=1S/C15H20N2O3/c1-10(15(19)20)11-8-16(9-11)14(18)13-6-3-7-17(13)12-4-2-5-12/h3,6-7,10-12H,2,4-5,8-9H2,1H3,(H,19,20). The first-order valence-electron chi connectivity index (χ1n) is 7.27. The molecule has 1 saturated carbocycles. The van der Waals surface area contributed by atoms with Crippen molar-refractivity contribution in [3.8, 4) is 0 Å². The lowest BCUT2D eigenvalue weighted by Gasteiger charge is -2.41. The molecule has 1 aliphatic heterocycles. The van der Waals surface area contributed by atoms with Crippen LogP contribution in [0, 0.1) is 11.8 Å². The molecule has 0 radical (unpaired) electrons. The number of carboxylic acids is 1.